The summed E-state index contributed by atoms with van der Waals surface area (Å²) in [5.41, 5.74) is 2.17. The summed E-state index contributed by atoms with van der Waals surface area (Å²) in [6, 6.07) is 16.0. The van der Waals surface area contributed by atoms with Gasteiger partial charge in [0.25, 0.3) is 0 Å². The molecular formula is C25H29BrN6O. The van der Waals surface area contributed by atoms with Crippen LogP contribution in [0.1, 0.15) is 25.2 Å². The fraction of sp³-hybridized carbons (Fsp3) is 0.400. The monoisotopic (exact) mass is 508 g/mol. The predicted molar refractivity (Wildman–Crippen MR) is 134 cm³/mol. The van der Waals surface area contributed by atoms with Gasteiger partial charge in [-0.2, -0.15) is 0 Å². The van der Waals surface area contributed by atoms with Gasteiger partial charge in [-0.3, -0.25) is 14.6 Å². The molecule has 8 heteroatoms. The van der Waals surface area contributed by atoms with E-state index in [1.165, 1.54) is 5.56 Å². The molecule has 33 heavy (non-hydrogen) atoms. The summed E-state index contributed by atoms with van der Waals surface area (Å²) in [6.45, 7) is 8.10. The van der Waals surface area contributed by atoms with E-state index in [0.717, 1.165) is 53.2 Å². The van der Waals surface area contributed by atoms with Gasteiger partial charge in [0.2, 0.25) is 5.91 Å². The minimum absolute atomic E-state index is 0.0108. The van der Waals surface area contributed by atoms with E-state index in [4.69, 9.17) is 9.97 Å². The Morgan fingerprint density at radius 2 is 1.85 bits per heavy atom. The fourth-order valence-electron chi connectivity index (χ4n) is 4.62. The summed E-state index contributed by atoms with van der Waals surface area (Å²) in [4.78, 5) is 27.8. The number of hydrogen-bond acceptors (Lipinski definition) is 6. The lowest BCUT2D eigenvalue weighted by Gasteiger charge is -2.42. The Balaban J connectivity index is 1.44. The first-order valence-electron chi connectivity index (χ1n) is 11.5. The highest BCUT2D eigenvalue weighted by molar-refractivity contribution is 9.10. The molecule has 2 atom stereocenters. The Labute approximate surface area is 202 Å². The molecule has 2 N–H and O–H groups in total. The SMILES string of the molecule is CC(C)[C@@H]1Nc2nc(nc3ccccc23)CN2CCN(Cc3ccc(Br)cc3)CC2NC1=O. The van der Waals surface area contributed by atoms with Gasteiger partial charge < -0.3 is 10.6 Å². The number of benzene rings is 2. The van der Waals surface area contributed by atoms with Gasteiger partial charge in [0, 0.05) is 36.0 Å². The van der Waals surface area contributed by atoms with Crippen molar-refractivity contribution in [3.63, 3.8) is 0 Å². The molecule has 0 radical (unpaired) electrons. The molecular weight excluding hydrogens is 480 g/mol. The third-order valence-electron chi connectivity index (χ3n) is 6.44. The lowest BCUT2D eigenvalue weighted by atomic mass is 10.0. The van der Waals surface area contributed by atoms with Crippen LogP contribution < -0.4 is 10.6 Å². The van der Waals surface area contributed by atoms with Crippen molar-refractivity contribution in [2.24, 2.45) is 5.92 Å². The van der Waals surface area contributed by atoms with Crippen LogP contribution in [0.5, 0.6) is 0 Å². The standard InChI is InChI=1S/C25H29BrN6O/c1-16(2)23-25(33)29-22-15-31(13-17-7-9-18(26)10-8-17)11-12-32(22)14-21-27-20-6-4-3-5-19(20)24(28-21)30-23/h3-10,16,22-23H,11-15H2,1-2H3,(H,29,33)(H,27,28,30)/t22?,23-/m0/s1. The smallest absolute Gasteiger partial charge is 0.244 e. The third kappa shape index (κ3) is 4.88. The van der Waals surface area contributed by atoms with E-state index in [2.05, 4.69) is 74.5 Å². The van der Waals surface area contributed by atoms with Crippen molar-refractivity contribution in [3.8, 4) is 0 Å². The number of hydrogen-bond donors (Lipinski definition) is 2. The van der Waals surface area contributed by atoms with E-state index in [-0.39, 0.29) is 24.0 Å². The summed E-state index contributed by atoms with van der Waals surface area (Å²) >= 11 is 3.51. The molecule has 5 rings (SSSR count). The molecule has 0 saturated carbocycles. The second-order valence-corrected chi connectivity index (χ2v) is 10.1. The number of carbonyl (C=O) groups excluding carboxylic acids is 1. The van der Waals surface area contributed by atoms with Crippen LogP contribution in [0.25, 0.3) is 10.9 Å². The van der Waals surface area contributed by atoms with Crippen molar-refractivity contribution in [1.29, 1.82) is 0 Å². The number of carbonyl (C=O) groups is 1. The largest absolute Gasteiger partial charge is 0.358 e. The van der Waals surface area contributed by atoms with E-state index in [9.17, 15) is 4.79 Å². The molecule has 0 aliphatic carbocycles. The molecule has 1 saturated heterocycles. The quantitative estimate of drug-likeness (QED) is 0.562. The van der Waals surface area contributed by atoms with Crippen LogP contribution in [-0.4, -0.2) is 57.5 Å². The van der Waals surface area contributed by atoms with E-state index in [1.807, 2.05) is 24.3 Å². The Bertz CT molecular complexity index is 1150. The zero-order valence-corrected chi connectivity index (χ0v) is 20.5. The van der Waals surface area contributed by atoms with Crippen molar-refractivity contribution >= 4 is 38.6 Å². The Kier molecular flexibility index (Phi) is 6.32. The number of anilines is 1. The summed E-state index contributed by atoms with van der Waals surface area (Å²) in [5, 5.41) is 7.70. The molecule has 1 unspecified atom stereocenters. The molecule has 2 aromatic carbocycles. The maximum absolute atomic E-state index is 13.4. The highest BCUT2D eigenvalue weighted by atomic mass is 79.9. The number of amides is 1. The molecule has 2 aliphatic rings. The first-order chi connectivity index (χ1) is 16.0. The van der Waals surface area contributed by atoms with E-state index in [1.54, 1.807) is 0 Å². The summed E-state index contributed by atoms with van der Waals surface area (Å²) in [6.07, 6.45) is -0.0960. The normalized spacial score (nSPS) is 22.0. The Hall–Kier alpha value is -2.55. The van der Waals surface area contributed by atoms with Crippen molar-refractivity contribution in [2.45, 2.75) is 39.1 Å². The van der Waals surface area contributed by atoms with Gasteiger partial charge in [-0.15, -0.1) is 0 Å². The van der Waals surface area contributed by atoms with Crippen LogP contribution >= 0.6 is 15.9 Å². The second-order valence-electron chi connectivity index (χ2n) is 9.23. The van der Waals surface area contributed by atoms with Gasteiger partial charge in [-0.25, -0.2) is 9.97 Å². The molecule has 2 bridgehead atoms. The number of halogens is 1. The van der Waals surface area contributed by atoms with Crippen LogP contribution in [0.3, 0.4) is 0 Å². The maximum Gasteiger partial charge on any atom is 0.244 e. The number of nitrogens with zero attached hydrogens (tertiary/aromatic N) is 4. The Morgan fingerprint density at radius 1 is 1.06 bits per heavy atom. The molecule has 3 heterocycles. The van der Waals surface area contributed by atoms with Crippen molar-refractivity contribution in [2.75, 3.05) is 25.0 Å². The van der Waals surface area contributed by atoms with Gasteiger partial charge in [-0.05, 0) is 35.7 Å². The number of nitrogens with one attached hydrogen (secondary N) is 2. The number of para-hydroxylation sites is 1. The third-order valence-corrected chi connectivity index (χ3v) is 6.97. The van der Waals surface area contributed by atoms with Gasteiger partial charge in [0.05, 0.1) is 18.2 Å². The van der Waals surface area contributed by atoms with Crippen LogP contribution in [0, 0.1) is 5.92 Å². The zero-order chi connectivity index (χ0) is 22.9. The number of aromatic nitrogens is 2. The van der Waals surface area contributed by atoms with Gasteiger partial charge in [-0.1, -0.05) is 54.0 Å². The average molecular weight is 509 g/mol. The van der Waals surface area contributed by atoms with Gasteiger partial charge in [0.1, 0.15) is 17.7 Å². The summed E-state index contributed by atoms with van der Waals surface area (Å²) in [7, 11) is 0. The van der Waals surface area contributed by atoms with Crippen LogP contribution in [0.4, 0.5) is 5.82 Å². The van der Waals surface area contributed by atoms with E-state index < -0.39 is 0 Å². The lowest BCUT2D eigenvalue weighted by molar-refractivity contribution is -0.125. The van der Waals surface area contributed by atoms with E-state index in [0.29, 0.717) is 6.54 Å². The highest BCUT2D eigenvalue weighted by Gasteiger charge is 2.33. The average Bonchev–Trinajstić information content (AvgIpc) is 2.80. The van der Waals surface area contributed by atoms with Crippen molar-refractivity contribution in [3.05, 3.63) is 64.4 Å². The molecule has 1 fully saturated rings. The molecule has 0 spiro atoms. The highest BCUT2D eigenvalue weighted by Crippen LogP contribution is 2.25. The molecule has 1 amide bonds. The summed E-state index contributed by atoms with van der Waals surface area (Å²) in [5.74, 6) is 1.63. The van der Waals surface area contributed by atoms with Gasteiger partial charge >= 0.3 is 0 Å². The van der Waals surface area contributed by atoms with Crippen molar-refractivity contribution in [1.82, 2.24) is 25.1 Å². The van der Waals surface area contributed by atoms with E-state index >= 15 is 0 Å². The predicted octanol–water partition coefficient (Wildman–Crippen LogP) is 3.60. The second kappa shape index (κ2) is 9.37. The van der Waals surface area contributed by atoms with Crippen LogP contribution in [-0.2, 0) is 17.9 Å². The molecule has 7 nitrogen and oxygen atoms in total. The number of rotatable bonds is 3. The lowest BCUT2D eigenvalue weighted by Crippen LogP contribution is -2.62. The Morgan fingerprint density at radius 3 is 2.64 bits per heavy atom. The first-order valence-corrected chi connectivity index (χ1v) is 12.3. The van der Waals surface area contributed by atoms with Crippen LogP contribution in [0.2, 0.25) is 0 Å². The van der Waals surface area contributed by atoms with Crippen molar-refractivity contribution < 1.29 is 4.79 Å². The fourth-order valence-corrected chi connectivity index (χ4v) is 4.88. The minimum Gasteiger partial charge on any atom is -0.358 e. The minimum atomic E-state index is -0.377. The van der Waals surface area contributed by atoms with Crippen LogP contribution in [0.15, 0.2) is 53.0 Å². The molecule has 3 aromatic rings. The topological polar surface area (TPSA) is 73.4 Å². The number of piperazine rings is 1. The van der Waals surface area contributed by atoms with Gasteiger partial charge in [0.15, 0.2) is 0 Å². The molecule has 1 aromatic heterocycles. The molecule has 172 valence electrons. The number of fused-ring (bicyclic) bond motifs is 5. The zero-order valence-electron chi connectivity index (χ0n) is 19.0. The first kappa shape index (κ1) is 22.3. The maximum atomic E-state index is 13.4. The molecule has 2 aliphatic heterocycles. The summed E-state index contributed by atoms with van der Waals surface area (Å²) < 4.78 is 1.08.